The summed E-state index contributed by atoms with van der Waals surface area (Å²) in [5.74, 6) is 0.338. The number of hydrogen-bond acceptors (Lipinski definition) is 4. The molecule has 0 aromatic heterocycles. The van der Waals surface area contributed by atoms with E-state index < -0.39 is 9.84 Å². The molecule has 6 heteroatoms. The molecule has 0 aliphatic heterocycles. The van der Waals surface area contributed by atoms with Crippen molar-refractivity contribution in [2.75, 3.05) is 19.0 Å². The van der Waals surface area contributed by atoms with E-state index in [0.717, 1.165) is 12.8 Å². The Morgan fingerprint density at radius 1 is 1.33 bits per heavy atom. The molecule has 0 saturated heterocycles. The van der Waals surface area contributed by atoms with Gasteiger partial charge >= 0.3 is 0 Å². The van der Waals surface area contributed by atoms with Crippen molar-refractivity contribution < 1.29 is 13.2 Å². The van der Waals surface area contributed by atoms with Crippen LogP contribution >= 0.6 is 0 Å². The van der Waals surface area contributed by atoms with Crippen LogP contribution in [0.25, 0.3) is 0 Å². The van der Waals surface area contributed by atoms with Crippen LogP contribution in [0.5, 0.6) is 0 Å². The Labute approximate surface area is 126 Å². The van der Waals surface area contributed by atoms with E-state index in [2.05, 4.69) is 13.8 Å². The third kappa shape index (κ3) is 5.85. The highest BCUT2D eigenvalue weighted by Gasteiger charge is 2.14. The summed E-state index contributed by atoms with van der Waals surface area (Å²) in [6.45, 7) is 5.00. The average Bonchev–Trinajstić information content (AvgIpc) is 2.44. The monoisotopic (exact) mass is 312 g/mol. The summed E-state index contributed by atoms with van der Waals surface area (Å²) in [7, 11) is -3.35. The first-order valence-electron chi connectivity index (χ1n) is 7.11. The molecule has 3 N–H and O–H groups in total. The predicted molar refractivity (Wildman–Crippen MR) is 84.4 cm³/mol. The lowest BCUT2D eigenvalue weighted by Crippen LogP contribution is -2.16. The van der Waals surface area contributed by atoms with E-state index >= 15 is 0 Å². The van der Waals surface area contributed by atoms with Gasteiger partial charge in [0.25, 0.3) is 0 Å². The molecule has 0 radical (unpaired) electrons. The van der Waals surface area contributed by atoms with Gasteiger partial charge in [-0.15, -0.1) is 0 Å². The van der Waals surface area contributed by atoms with E-state index in [1.54, 1.807) is 12.1 Å². The summed E-state index contributed by atoms with van der Waals surface area (Å²) < 4.78 is 29.7. The lowest BCUT2D eigenvalue weighted by atomic mass is 10.1. The number of amidine groups is 1. The lowest BCUT2D eigenvalue weighted by Gasteiger charge is -2.11. The summed E-state index contributed by atoms with van der Waals surface area (Å²) in [5.41, 5.74) is 5.85. The van der Waals surface area contributed by atoms with Crippen LogP contribution in [0.4, 0.5) is 0 Å². The smallest absolute Gasteiger partial charge is 0.180 e. The molecule has 0 aliphatic carbocycles. The van der Waals surface area contributed by atoms with E-state index in [0.29, 0.717) is 18.1 Å². The van der Waals surface area contributed by atoms with Gasteiger partial charge < -0.3 is 10.5 Å². The van der Waals surface area contributed by atoms with Crippen molar-refractivity contribution in [1.29, 1.82) is 5.41 Å². The van der Waals surface area contributed by atoms with Crippen LogP contribution in [0.1, 0.15) is 32.3 Å². The average molecular weight is 312 g/mol. The SMILES string of the molecule is CCCC(C)COCCS(=O)(=O)c1ccc(C(=N)N)cc1. The molecule has 1 aromatic rings. The second kappa shape index (κ2) is 8.14. The number of nitrogen functional groups attached to an aromatic ring is 1. The molecule has 118 valence electrons. The highest BCUT2D eigenvalue weighted by Crippen LogP contribution is 2.13. The third-order valence-electron chi connectivity index (χ3n) is 3.20. The van der Waals surface area contributed by atoms with E-state index in [1.165, 1.54) is 12.1 Å². The van der Waals surface area contributed by atoms with E-state index in [9.17, 15) is 8.42 Å². The largest absolute Gasteiger partial charge is 0.384 e. The van der Waals surface area contributed by atoms with Crippen LogP contribution in [0.2, 0.25) is 0 Å². The summed E-state index contributed by atoms with van der Waals surface area (Å²) in [4.78, 5) is 0.234. The molecular formula is C15H24N2O3S. The van der Waals surface area contributed by atoms with E-state index in [-0.39, 0.29) is 23.1 Å². The fourth-order valence-corrected chi connectivity index (χ4v) is 3.11. The Balaban J connectivity index is 2.51. The molecule has 0 fully saturated rings. The van der Waals surface area contributed by atoms with Crippen molar-refractivity contribution in [2.24, 2.45) is 11.7 Å². The Hall–Kier alpha value is -1.40. The topological polar surface area (TPSA) is 93.2 Å². The maximum absolute atomic E-state index is 12.1. The van der Waals surface area contributed by atoms with Crippen molar-refractivity contribution >= 4 is 15.7 Å². The fourth-order valence-electron chi connectivity index (χ4n) is 1.99. The highest BCUT2D eigenvalue weighted by molar-refractivity contribution is 7.91. The minimum absolute atomic E-state index is 0.0364. The molecule has 21 heavy (non-hydrogen) atoms. The summed E-state index contributed by atoms with van der Waals surface area (Å²) in [5, 5.41) is 7.28. The summed E-state index contributed by atoms with van der Waals surface area (Å²) in [6.07, 6.45) is 2.19. The molecule has 5 nitrogen and oxygen atoms in total. The van der Waals surface area contributed by atoms with Gasteiger partial charge in [-0.25, -0.2) is 8.42 Å². The van der Waals surface area contributed by atoms with Crippen LogP contribution in [-0.2, 0) is 14.6 Å². The van der Waals surface area contributed by atoms with Crippen molar-refractivity contribution in [3.05, 3.63) is 29.8 Å². The van der Waals surface area contributed by atoms with Crippen molar-refractivity contribution in [3.63, 3.8) is 0 Å². The van der Waals surface area contributed by atoms with Gasteiger partial charge in [0.15, 0.2) is 9.84 Å². The first-order valence-corrected chi connectivity index (χ1v) is 8.77. The number of nitrogens with two attached hydrogens (primary N) is 1. The normalized spacial score (nSPS) is 13.0. The molecule has 0 aliphatic rings. The third-order valence-corrected chi connectivity index (χ3v) is 4.90. The molecule has 0 amide bonds. The molecule has 0 heterocycles. The first kappa shape index (κ1) is 17.7. The molecule has 0 spiro atoms. The summed E-state index contributed by atoms with van der Waals surface area (Å²) in [6, 6.07) is 6.04. The minimum atomic E-state index is -3.35. The van der Waals surface area contributed by atoms with Gasteiger partial charge in [0, 0.05) is 12.2 Å². The second-order valence-corrected chi connectivity index (χ2v) is 7.33. The van der Waals surface area contributed by atoms with Crippen LogP contribution in [0, 0.1) is 11.3 Å². The maximum Gasteiger partial charge on any atom is 0.180 e. The van der Waals surface area contributed by atoms with Gasteiger partial charge in [-0.2, -0.15) is 0 Å². The number of hydrogen-bond donors (Lipinski definition) is 2. The lowest BCUT2D eigenvalue weighted by molar-refractivity contribution is 0.114. The van der Waals surface area contributed by atoms with Gasteiger partial charge in [-0.1, -0.05) is 32.4 Å². The van der Waals surface area contributed by atoms with Crippen LogP contribution in [0.15, 0.2) is 29.2 Å². The molecule has 0 saturated carbocycles. The van der Waals surface area contributed by atoms with Crippen LogP contribution < -0.4 is 5.73 Å². The molecule has 1 unspecified atom stereocenters. The number of sulfone groups is 1. The zero-order valence-corrected chi connectivity index (χ0v) is 13.4. The van der Waals surface area contributed by atoms with Crippen molar-refractivity contribution in [3.8, 4) is 0 Å². The Bertz CT molecular complexity index is 553. The Morgan fingerprint density at radius 3 is 2.48 bits per heavy atom. The molecular weight excluding hydrogens is 288 g/mol. The Kier molecular flexibility index (Phi) is 6.84. The number of ether oxygens (including phenoxy) is 1. The van der Waals surface area contributed by atoms with Crippen LogP contribution in [-0.4, -0.2) is 33.2 Å². The maximum atomic E-state index is 12.1. The quantitative estimate of drug-likeness (QED) is 0.415. The van der Waals surface area contributed by atoms with E-state index in [4.69, 9.17) is 15.9 Å². The molecule has 0 bridgehead atoms. The zero-order chi connectivity index (χ0) is 15.9. The zero-order valence-electron chi connectivity index (χ0n) is 12.6. The van der Waals surface area contributed by atoms with Gasteiger partial charge in [0.05, 0.1) is 17.3 Å². The summed E-state index contributed by atoms with van der Waals surface area (Å²) >= 11 is 0. The van der Waals surface area contributed by atoms with Gasteiger partial charge in [0.1, 0.15) is 5.84 Å². The number of benzene rings is 1. The first-order chi connectivity index (χ1) is 9.86. The van der Waals surface area contributed by atoms with Gasteiger partial charge in [-0.05, 0) is 24.5 Å². The number of rotatable bonds is 9. The van der Waals surface area contributed by atoms with Gasteiger partial charge in [-0.3, -0.25) is 5.41 Å². The van der Waals surface area contributed by atoms with E-state index in [1.807, 2.05) is 0 Å². The molecule has 1 aromatic carbocycles. The van der Waals surface area contributed by atoms with Crippen molar-refractivity contribution in [1.82, 2.24) is 0 Å². The fraction of sp³-hybridized carbons (Fsp3) is 0.533. The second-order valence-electron chi connectivity index (χ2n) is 5.23. The highest BCUT2D eigenvalue weighted by atomic mass is 32.2. The van der Waals surface area contributed by atoms with Gasteiger partial charge in [0.2, 0.25) is 0 Å². The predicted octanol–water partition coefficient (Wildman–Crippen LogP) is 2.20. The minimum Gasteiger partial charge on any atom is -0.384 e. The standard InChI is InChI=1S/C15H24N2O3S/c1-3-4-12(2)11-20-9-10-21(18,19)14-7-5-13(6-8-14)15(16)17/h5-8,12H,3-4,9-11H2,1-2H3,(H3,16,17). The molecule has 1 atom stereocenters. The number of nitrogens with one attached hydrogen (secondary N) is 1. The van der Waals surface area contributed by atoms with Crippen molar-refractivity contribution in [2.45, 2.75) is 31.6 Å². The Morgan fingerprint density at radius 2 is 1.95 bits per heavy atom. The molecule has 1 rings (SSSR count). The van der Waals surface area contributed by atoms with Crippen LogP contribution in [0.3, 0.4) is 0 Å².